The van der Waals surface area contributed by atoms with Gasteiger partial charge in [-0.25, -0.2) is 0 Å². The average molecular weight is 184 g/mol. The van der Waals surface area contributed by atoms with Crippen molar-refractivity contribution in [1.82, 2.24) is 4.90 Å². The van der Waals surface area contributed by atoms with Crippen LogP contribution in [0.3, 0.4) is 0 Å². The molecule has 76 valence electrons. The predicted octanol–water partition coefficient (Wildman–Crippen LogP) is 1.41. The average Bonchev–Trinajstić information content (AvgIpc) is 2.62. The van der Waals surface area contributed by atoms with Crippen LogP contribution >= 0.6 is 0 Å². The van der Waals surface area contributed by atoms with Crippen LogP contribution in [0.2, 0.25) is 0 Å². The molecule has 0 unspecified atom stereocenters. The molecular weight excluding hydrogens is 164 g/mol. The molecule has 3 heteroatoms. The van der Waals surface area contributed by atoms with E-state index in [2.05, 4.69) is 13.2 Å². The number of aliphatic hydroxyl groups excluding tert-OH is 1. The topological polar surface area (TPSA) is 49.5 Å². The Kier molecular flexibility index (Phi) is 6.06. The highest BCUT2D eigenvalue weighted by molar-refractivity contribution is 4.98. The molecule has 1 aliphatic carbocycles. The first kappa shape index (κ1) is 12.0. The van der Waals surface area contributed by atoms with Crippen molar-refractivity contribution in [1.29, 1.82) is 0 Å². The summed E-state index contributed by atoms with van der Waals surface area (Å²) in [5.74, 6) is 0.618. The molecule has 1 fully saturated rings. The molecule has 1 rings (SSSR count). The summed E-state index contributed by atoms with van der Waals surface area (Å²) in [6.45, 7) is 7.42. The molecule has 3 nitrogen and oxygen atoms in total. The highest BCUT2D eigenvalue weighted by Gasteiger charge is 2.20. The predicted molar refractivity (Wildman–Crippen MR) is 55.8 cm³/mol. The third-order valence-electron chi connectivity index (χ3n) is 2.25. The Bertz CT molecular complexity index is 162. The molecule has 0 bridgehead atoms. The summed E-state index contributed by atoms with van der Waals surface area (Å²) in [6, 6.07) is 0.560. The van der Waals surface area contributed by atoms with Gasteiger partial charge in [-0.05, 0) is 19.0 Å². The zero-order valence-electron chi connectivity index (χ0n) is 8.37. The molecule has 0 radical (unpaired) electrons. The van der Waals surface area contributed by atoms with Gasteiger partial charge in [0.05, 0.1) is 5.82 Å². The van der Waals surface area contributed by atoms with Gasteiger partial charge in [0.15, 0.2) is 0 Å². The van der Waals surface area contributed by atoms with Gasteiger partial charge in [-0.1, -0.05) is 26.0 Å². The molecule has 0 atom stereocenters. The molecule has 0 heterocycles. The molecule has 0 aliphatic heterocycles. The fourth-order valence-electron chi connectivity index (χ4n) is 1.68. The lowest BCUT2D eigenvalue weighted by molar-refractivity contribution is 0.342. The number of hydrogen-bond acceptors (Lipinski definition) is 3. The Morgan fingerprint density at radius 3 is 2.23 bits per heavy atom. The van der Waals surface area contributed by atoms with E-state index in [-0.39, 0.29) is 0 Å². The first-order chi connectivity index (χ1) is 6.25. The van der Waals surface area contributed by atoms with Crippen LogP contribution in [-0.2, 0) is 0 Å². The highest BCUT2D eigenvalue weighted by Crippen LogP contribution is 2.24. The molecule has 0 aromatic rings. The van der Waals surface area contributed by atoms with Crippen molar-refractivity contribution >= 4 is 0 Å². The minimum atomic E-state index is 0.560. The van der Waals surface area contributed by atoms with Gasteiger partial charge in [-0.3, -0.25) is 0 Å². The Labute approximate surface area is 80.5 Å². The van der Waals surface area contributed by atoms with Crippen molar-refractivity contribution in [3.63, 3.8) is 0 Å². The summed E-state index contributed by atoms with van der Waals surface area (Å²) in [7, 11) is 1.00. The first-order valence-electron chi connectivity index (χ1n) is 4.55. The van der Waals surface area contributed by atoms with Crippen molar-refractivity contribution in [2.24, 2.45) is 5.73 Å². The van der Waals surface area contributed by atoms with Crippen molar-refractivity contribution in [2.45, 2.75) is 31.7 Å². The molecular formula is C10H20N2O. The fraction of sp³-hybridized carbons (Fsp3) is 0.600. The van der Waals surface area contributed by atoms with E-state index in [0.717, 1.165) is 7.11 Å². The smallest absolute Gasteiger partial charge is 0.0955 e. The van der Waals surface area contributed by atoms with Gasteiger partial charge < -0.3 is 15.7 Å². The van der Waals surface area contributed by atoms with Gasteiger partial charge in [0, 0.05) is 13.2 Å². The van der Waals surface area contributed by atoms with Crippen LogP contribution in [-0.4, -0.2) is 23.2 Å². The number of aliphatic hydroxyl groups is 1. The molecule has 1 aliphatic rings. The van der Waals surface area contributed by atoms with Gasteiger partial charge in [0.25, 0.3) is 0 Å². The van der Waals surface area contributed by atoms with E-state index in [9.17, 15) is 0 Å². The molecule has 3 N–H and O–H groups in total. The fourth-order valence-corrected chi connectivity index (χ4v) is 1.68. The third kappa shape index (κ3) is 3.51. The second-order valence-electron chi connectivity index (χ2n) is 3.02. The largest absolute Gasteiger partial charge is 0.400 e. The van der Waals surface area contributed by atoms with Crippen LogP contribution in [0, 0.1) is 0 Å². The maximum Gasteiger partial charge on any atom is 0.0955 e. The molecule has 13 heavy (non-hydrogen) atoms. The maximum atomic E-state index is 7.00. The lowest BCUT2D eigenvalue weighted by Gasteiger charge is -2.26. The Morgan fingerprint density at radius 1 is 1.46 bits per heavy atom. The van der Waals surface area contributed by atoms with E-state index in [1.54, 1.807) is 6.20 Å². The van der Waals surface area contributed by atoms with Crippen LogP contribution in [0.1, 0.15) is 25.7 Å². The Hall–Kier alpha value is -0.960. The van der Waals surface area contributed by atoms with Gasteiger partial charge in [-0.2, -0.15) is 0 Å². The molecule has 0 spiro atoms. The van der Waals surface area contributed by atoms with Crippen LogP contribution in [0.5, 0.6) is 0 Å². The molecule has 0 saturated heterocycles. The number of rotatable bonds is 3. The maximum absolute atomic E-state index is 7.00. The van der Waals surface area contributed by atoms with E-state index < -0.39 is 0 Å². The Balaban J connectivity index is 0.000000671. The van der Waals surface area contributed by atoms with Gasteiger partial charge >= 0.3 is 0 Å². The van der Waals surface area contributed by atoms with E-state index in [4.69, 9.17) is 10.8 Å². The second-order valence-corrected chi connectivity index (χ2v) is 3.02. The highest BCUT2D eigenvalue weighted by atomic mass is 16.2. The SMILES string of the molecule is C=CN(C(=C)N)C1CCCC1.CO. The molecule has 0 aromatic heterocycles. The molecule has 1 saturated carbocycles. The summed E-state index contributed by atoms with van der Waals surface area (Å²) in [5.41, 5.74) is 5.59. The first-order valence-corrected chi connectivity index (χ1v) is 4.55. The summed E-state index contributed by atoms with van der Waals surface area (Å²) < 4.78 is 0. The van der Waals surface area contributed by atoms with E-state index in [1.807, 2.05) is 4.90 Å². The van der Waals surface area contributed by atoms with Gasteiger partial charge in [-0.15, -0.1) is 0 Å². The van der Waals surface area contributed by atoms with Gasteiger partial charge in [0.2, 0.25) is 0 Å². The summed E-state index contributed by atoms with van der Waals surface area (Å²) in [4.78, 5) is 1.98. The quantitative estimate of drug-likeness (QED) is 0.697. The monoisotopic (exact) mass is 184 g/mol. The van der Waals surface area contributed by atoms with E-state index in [1.165, 1.54) is 25.7 Å². The van der Waals surface area contributed by atoms with Crippen molar-refractivity contribution in [3.8, 4) is 0 Å². The normalized spacial score (nSPS) is 15.8. The van der Waals surface area contributed by atoms with Crippen LogP contribution in [0.25, 0.3) is 0 Å². The zero-order valence-corrected chi connectivity index (χ0v) is 8.37. The van der Waals surface area contributed by atoms with Crippen LogP contribution in [0.4, 0.5) is 0 Å². The third-order valence-corrected chi connectivity index (χ3v) is 2.25. The van der Waals surface area contributed by atoms with E-state index >= 15 is 0 Å². The van der Waals surface area contributed by atoms with E-state index in [0.29, 0.717) is 11.9 Å². The van der Waals surface area contributed by atoms with Crippen LogP contribution in [0.15, 0.2) is 25.2 Å². The number of nitrogens with zero attached hydrogens (tertiary/aromatic N) is 1. The second kappa shape index (κ2) is 6.54. The Morgan fingerprint density at radius 2 is 1.92 bits per heavy atom. The minimum absolute atomic E-state index is 0.560. The number of nitrogens with two attached hydrogens (primary N) is 1. The van der Waals surface area contributed by atoms with Crippen molar-refractivity contribution in [3.05, 3.63) is 25.2 Å². The zero-order chi connectivity index (χ0) is 10.3. The number of hydrogen-bond donors (Lipinski definition) is 2. The molecule has 0 amide bonds. The summed E-state index contributed by atoms with van der Waals surface area (Å²) in [5, 5.41) is 7.00. The van der Waals surface area contributed by atoms with Crippen LogP contribution < -0.4 is 5.73 Å². The lowest BCUT2D eigenvalue weighted by atomic mass is 10.2. The summed E-state index contributed by atoms with van der Waals surface area (Å²) >= 11 is 0. The lowest BCUT2D eigenvalue weighted by Crippen LogP contribution is -2.30. The molecule has 0 aromatic carbocycles. The van der Waals surface area contributed by atoms with Crippen molar-refractivity contribution < 1.29 is 5.11 Å². The summed E-state index contributed by atoms with van der Waals surface area (Å²) in [6.07, 6.45) is 6.84. The van der Waals surface area contributed by atoms with Crippen molar-refractivity contribution in [2.75, 3.05) is 7.11 Å². The minimum Gasteiger partial charge on any atom is -0.400 e. The standard InChI is InChI=1S/C9H16N2.CH4O/c1-3-11(8(2)10)9-6-4-5-7-9;1-2/h3,9H,1-2,4-7,10H2;2H,1H3. The van der Waals surface area contributed by atoms with Gasteiger partial charge in [0.1, 0.15) is 0 Å².